The number of para-hydroxylation sites is 1. The lowest BCUT2D eigenvalue weighted by atomic mass is 10.1. The third-order valence-corrected chi connectivity index (χ3v) is 6.24. The lowest BCUT2D eigenvalue weighted by molar-refractivity contribution is -0.115. The molecule has 0 aromatic heterocycles. The molecular formula is C21H25N3O5S. The van der Waals surface area contributed by atoms with Crippen LogP contribution in [0.2, 0.25) is 0 Å². The highest BCUT2D eigenvalue weighted by molar-refractivity contribution is 7.89. The highest BCUT2D eigenvalue weighted by Gasteiger charge is 2.30. The van der Waals surface area contributed by atoms with Gasteiger partial charge in [-0.1, -0.05) is 25.1 Å². The van der Waals surface area contributed by atoms with Crippen molar-refractivity contribution in [2.75, 3.05) is 19.0 Å². The van der Waals surface area contributed by atoms with E-state index in [2.05, 4.69) is 15.4 Å². The number of hydrogen-bond donors (Lipinski definition) is 3. The number of amides is 2. The van der Waals surface area contributed by atoms with E-state index in [-0.39, 0.29) is 34.7 Å². The number of rotatable bonds is 9. The summed E-state index contributed by atoms with van der Waals surface area (Å²) < 4.78 is 32.9. The van der Waals surface area contributed by atoms with Crippen molar-refractivity contribution in [1.29, 1.82) is 0 Å². The van der Waals surface area contributed by atoms with E-state index in [0.717, 1.165) is 24.8 Å². The molecule has 0 radical (unpaired) electrons. The van der Waals surface area contributed by atoms with Crippen LogP contribution < -0.4 is 20.1 Å². The first kappa shape index (κ1) is 21.8. The van der Waals surface area contributed by atoms with Crippen LogP contribution in [0, 0.1) is 0 Å². The van der Waals surface area contributed by atoms with Crippen LogP contribution in [-0.2, 0) is 21.2 Å². The Morgan fingerprint density at radius 1 is 1.13 bits per heavy atom. The van der Waals surface area contributed by atoms with Gasteiger partial charge in [-0.25, -0.2) is 13.1 Å². The third kappa shape index (κ3) is 5.37. The monoisotopic (exact) mass is 431 g/mol. The highest BCUT2D eigenvalue weighted by Crippen LogP contribution is 2.28. The molecule has 2 aromatic rings. The Bertz CT molecular complexity index is 1050. The fourth-order valence-corrected chi connectivity index (χ4v) is 4.42. The van der Waals surface area contributed by atoms with Crippen LogP contribution in [-0.4, -0.2) is 39.9 Å². The van der Waals surface area contributed by atoms with Crippen molar-refractivity contribution in [3.63, 3.8) is 0 Å². The maximum atomic E-state index is 12.6. The van der Waals surface area contributed by atoms with Gasteiger partial charge in [0, 0.05) is 17.3 Å². The van der Waals surface area contributed by atoms with E-state index >= 15 is 0 Å². The van der Waals surface area contributed by atoms with Crippen molar-refractivity contribution >= 4 is 27.5 Å². The zero-order chi connectivity index (χ0) is 21.7. The van der Waals surface area contributed by atoms with Gasteiger partial charge in [-0.15, -0.1) is 0 Å². The molecule has 1 aliphatic rings. The van der Waals surface area contributed by atoms with Gasteiger partial charge in [-0.3, -0.25) is 9.59 Å². The molecular weight excluding hydrogens is 406 g/mol. The van der Waals surface area contributed by atoms with Crippen molar-refractivity contribution in [3.8, 4) is 5.75 Å². The molecule has 8 nitrogen and oxygen atoms in total. The maximum Gasteiger partial charge on any atom is 0.251 e. The summed E-state index contributed by atoms with van der Waals surface area (Å²) in [7, 11) is -2.44. The van der Waals surface area contributed by atoms with Gasteiger partial charge in [0.25, 0.3) is 5.91 Å². The highest BCUT2D eigenvalue weighted by atomic mass is 32.2. The first-order chi connectivity index (χ1) is 14.3. The standard InChI is InChI=1S/C21H25N3O5S/c1-3-14-6-4-5-7-17(14)23-20(25)13-22-21(26)15-8-11-18(29-2)19(12-15)30(27,28)24-16-9-10-16/h4-8,11-12,16,24H,3,9-10,13H2,1-2H3,(H,22,26)(H,23,25). The minimum Gasteiger partial charge on any atom is -0.495 e. The maximum absolute atomic E-state index is 12.6. The van der Waals surface area contributed by atoms with E-state index < -0.39 is 15.9 Å². The summed E-state index contributed by atoms with van der Waals surface area (Å²) >= 11 is 0. The average Bonchev–Trinajstić information content (AvgIpc) is 3.55. The van der Waals surface area contributed by atoms with Gasteiger partial charge in [0.15, 0.2) is 0 Å². The fraction of sp³-hybridized carbons (Fsp3) is 0.333. The molecule has 0 saturated heterocycles. The molecule has 2 amide bonds. The van der Waals surface area contributed by atoms with Crippen molar-refractivity contribution in [2.45, 2.75) is 37.1 Å². The predicted octanol–water partition coefficient (Wildman–Crippen LogP) is 2.07. The van der Waals surface area contributed by atoms with E-state index in [1.54, 1.807) is 6.07 Å². The fourth-order valence-electron chi connectivity index (χ4n) is 2.92. The van der Waals surface area contributed by atoms with Gasteiger partial charge < -0.3 is 15.4 Å². The van der Waals surface area contributed by atoms with Crippen LogP contribution >= 0.6 is 0 Å². The Morgan fingerprint density at radius 2 is 1.87 bits per heavy atom. The zero-order valence-corrected chi connectivity index (χ0v) is 17.7. The predicted molar refractivity (Wildman–Crippen MR) is 113 cm³/mol. The molecule has 0 spiro atoms. The summed E-state index contributed by atoms with van der Waals surface area (Å²) in [5.74, 6) is -0.783. The number of hydrogen-bond acceptors (Lipinski definition) is 5. The van der Waals surface area contributed by atoms with E-state index in [1.165, 1.54) is 25.3 Å². The smallest absolute Gasteiger partial charge is 0.251 e. The molecule has 9 heteroatoms. The number of benzene rings is 2. The van der Waals surface area contributed by atoms with Gasteiger partial charge in [0.05, 0.1) is 13.7 Å². The molecule has 0 atom stereocenters. The number of sulfonamides is 1. The third-order valence-electron chi connectivity index (χ3n) is 4.70. The molecule has 30 heavy (non-hydrogen) atoms. The Balaban J connectivity index is 1.67. The molecule has 1 fully saturated rings. The van der Waals surface area contributed by atoms with Gasteiger partial charge in [-0.2, -0.15) is 0 Å². The van der Waals surface area contributed by atoms with Crippen LogP contribution in [0.1, 0.15) is 35.7 Å². The minimum absolute atomic E-state index is 0.0770. The summed E-state index contributed by atoms with van der Waals surface area (Å²) in [6.07, 6.45) is 2.34. The first-order valence-corrected chi connectivity index (χ1v) is 11.2. The number of anilines is 1. The van der Waals surface area contributed by atoms with Crippen LogP contribution in [0.3, 0.4) is 0 Å². The molecule has 3 N–H and O–H groups in total. The van der Waals surface area contributed by atoms with E-state index in [0.29, 0.717) is 5.69 Å². The quantitative estimate of drug-likeness (QED) is 0.562. The normalized spacial score (nSPS) is 13.5. The number of aryl methyl sites for hydroxylation is 1. The van der Waals surface area contributed by atoms with Gasteiger partial charge in [-0.05, 0) is 49.1 Å². The topological polar surface area (TPSA) is 114 Å². The second-order valence-electron chi connectivity index (χ2n) is 7.00. The Labute approximate surface area is 176 Å². The average molecular weight is 432 g/mol. The summed E-state index contributed by atoms with van der Waals surface area (Å²) in [6, 6.07) is 11.5. The second-order valence-corrected chi connectivity index (χ2v) is 8.69. The number of carbonyl (C=O) groups is 2. The SMILES string of the molecule is CCc1ccccc1NC(=O)CNC(=O)c1ccc(OC)c(S(=O)(=O)NC2CC2)c1. The Kier molecular flexibility index (Phi) is 6.73. The summed E-state index contributed by atoms with van der Waals surface area (Å²) in [5.41, 5.74) is 1.81. The molecule has 0 bridgehead atoms. The second kappa shape index (κ2) is 9.27. The lowest BCUT2D eigenvalue weighted by Gasteiger charge is -2.13. The number of nitrogens with one attached hydrogen (secondary N) is 3. The van der Waals surface area contributed by atoms with Gasteiger partial charge >= 0.3 is 0 Å². The molecule has 0 aliphatic heterocycles. The summed E-state index contributed by atoms with van der Waals surface area (Å²) in [6.45, 7) is 1.74. The number of ether oxygens (including phenoxy) is 1. The first-order valence-electron chi connectivity index (χ1n) is 9.70. The van der Waals surface area contributed by atoms with Crippen molar-refractivity contribution < 1.29 is 22.7 Å². The Morgan fingerprint density at radius 3 is 2.53 bits per heavy atom. The molecule has 1 saturated carbocycles. The van der Waals surface area contributed by atoms with E-state index in [9.17, 15) is 18.0 Å². The molecule has 2 aromatic carbocycles. The molecule has 1 aliphatic carbocycles. The van der Waals surface area contributed by atoms with Gasteiger partial charge in [0.1, 0.15) is 10.6 Å². The van der Waals surface area contributed by atoms with Gasteiger partial charge in [0.2, 0.25) is 15.9 Å². The van der Waals surface area contributed by atoms with Crippen molar-refractivity contribution in [2.24, 2.45) is 0 Å². The number of carbonyl (C=O) groups excluding carboxylic acids is 2. The van der Waals surface area contributed by atoms with Crippen LogP contribution in [0.5, 0.6) is 5.75 Å². The lowest BCUT2D eigenvalue weighted by Crippen LogP contribution is -2.33. The molecule has 160 valence electrons. The minimum atomic E-state index is -3.81. The number of methoxy groups -OCH3 is 1. The molecule has 3 rings (SSSR count). The van der Waals surface area contributed by atoms with E-state index in [4.69, 9.17) is 4.74 Å². The zero-order valence-electron chi connectivity index (χ0n) is 16.9. The van der Waals surface area contributed by atoms with Crippen LogP contribution in [0.4, 0.5) is 5.69 Å². The van der Waals surface area contributed by atoms with Crippen molar-refractivity contribution in [3.05, 3.63) is 53.6 Å². The largest absolute Gasteiger partial charge is 0.495 e. The van der Waals surface area contributed by atoms with Crippen molar-refractivity contribution in [1.82, 2.24) is 10.0 Å². The summed E-state index contributed by atoms with van der Waals surface area (Å²) in [4.78, 5) is 24.6. The summed E-state index contributed by atoms with van der Waals surface area (Å²) in [5, 5.41) is 5.29. The molecule has 0 heterocycles. The van der Waals surface area contributed by atoms with E-state index in [1.807, 2.05) is 25.1 Å². The molecule has 0 unspecified atom stereocenters. The van der Waals surface area contributed by atoms with Crippen LogP contribution in [0.15, 0.2) is 47.4 Å². The van der Waals surface area contributed by atoms with Crippen LogP contribution in [0.25, 0.3) is 0 Å². The Hall–Kier alpha value is -2.91.